The van der Waals surface area contributed by atoms with Gasteiger partial charge >= 0.3 is 24.8 Å². The van der Waals surface area contributed by atoms with Gasteiger partial charge in [-0.2, -0.15) is 0 Å². The van der Waals surface area contributed by atoms with Gasteiger partial charge in [-0.3, -0.25) is 4.79 Å². The molecule has 3 atom stereocenters. The first-order valence-corrected chi connectivity index (χ1v) is 9.40. The Morgan fingerprint density at radius 3 is 2.39 bits per heavy atom. The summed E-state index contributed by atoms with van der Waals surface area (Å²) in [6.45, 7) is 3.08. The summed E-state index contributed by atoms with van der Waals surface area (Å²) in [4.78, 5) is 32.7. The van der Waals surface area contributed by atoms with Crippen molar-refractivity contribution in [2.75, 3.05) is 18.0 Å². The number of fused-ring (bicyclic) bond motifs is 1. The molecule has 11 heteroatoms. The zero-order valence-corrected chi connectivity index (χ0v) is 16.4. The number of aromatic carboxylic acids is 1. The molecule has 0 bridgehead atoms. The van der Waals surface area contributed by atoms with Crippen molar-refractivity contribution < 1.29 is 14.7 Å². The number of nitrogens with one attached hydrogen (secondary N) is 2. The number of aromatic nitrogens is 2. The van der Waals surface area contributed by atoms with Crippen molar-refractivity contribution in [3.8, 4) is 0 Å². The topological polar surface area (TPSA) is 98.3 Å². The molecule has 1 aliphatic heterocycles. The van der Waals surface area contributed by atoms with Crippen molar-refractivity contribution >= 4 is 71.4 Å². The van der Waals surface area contributed by atoms with Gasteiger partial charge in [0.15, 0.2) is 0 Å². The van der Waals surface area contributed by atoms with Gasteiger partial charge in [0.25, 0.3) is 5.91 Å². The molecule has 144 valence electrons. The average molecular weight is 438 g/mol. The van der Waals surface area contributed by atoms with Crippen molar-refractivity contribution in [3.63, 3.8) is 0 Å². The Balaban J connectivity index is 0.00000225. The molecule has 3 heterocycles. The zero-order chi connectivity index (χ0) is 19.5. The van der Waals surface area contributed by atoms with Gasteiger partial charge in [0, 0.05) is 36.7 Å². The van der Waals surface area contributed by atoms with Gasteiger partial charge in [-0.05, 0) is 19.1 Å². The summed E-state index contributed by atoms with van der Waals surface area (Å²) in [5.41, 5.74) is 1.02. The van der Waals surface area contributed by atoms with E-state index in [1.54, 1.807) is 6.92 Å². The number of aromatic amines is 1. The van der Waals surface area contributed by atoms with Gasteiger partial charge in [0.2, 0.25) is 0 Å². The van der Waals surface area contributed by atoms with E-state index in [1.807, 2.05) is 4.90 Å². The summed E-state index contributed by atoms with van der Waals surface area (Å²) >= 11 is 18.0. The molecule has 3 N–H and O–H groups in total. The monoisotopic (exact) mass is 436 g/mol. The molecule has 0 radical (unpaired) electrons. The van der Waals surface area contributed by atoms with E-state index in [-0.39, 0.29) is 64.1 Å². The summed E-state index contributed by atoms with van der Waals surface area (Å²) in [5, 5.41) is 12.9. The van der Waals surface area contributed by atoms with Crippen LogP contribution in [0.15, 0.2) is 12.1 Å². The second-order valence-electron chi connectivity index (χ2n) is 6.83. The Morgan fingerprint density at radius 1 is 1.21 bits per heavy atom. The minimum atomic E-state index is -1.05. The molecule has 2 aromatic rings. The first-order valence-electron chi connectivity index (χ1n) is 8.26. The van der Waals surface area contributed by atoms with E-state index >= 15 is 0 Å². The maximum absolute atomic E-state index is 12.4. The molecule has 28 heavy (non-hydrogen) atoms. The Labute approximate surface area is 187 Å². The van der Waals surface area contributed by atoms with Gasteiger partial charge in [-0.15, -0.1) is 0 Å². The van der Waals surface area contributed by atoms with Crippen molar-refractivity contribution in [2.45, 2.75) is 13.0 Å². The van der Waals surface area contributed by atoms with E-state index in [0.29, 0.717) is 29.6 Å². The van der Waals surface area contributed by atoms with E-state index in [1.165, 1.54) is 12.1 Å². The molecule has 2 aliphatic rings. The summed E-state index contributed by atoms with van der Waals surface area (Å²) in [5.74, 6) is -0.254. The molecule has 7 nitrogen and oxygen atoms in total. The van der Waals surface area contributed by atoms with E-state index in [0.717, 1.165) is 0 Å². The number of pyridine rings is 1. The van der Waals surface area contributed by atoms with Gasteiger partial charge in [-0.1, -0.05) is 34.8 Å². The van der Waals surface area contributed by atoms with Gasteiger partial charge in [0.1, 0.15) is 16.7 Å². The van der Waals surface area contributed by atoms with E-state index in [4.69, 9.17) is 39.9 Å². The number of anilines is 1. The van der Waals surface area contributed by atoms with Gasteiger partial charge in [0.05, 0.1) is 15.6 Å². The third-order valence-electron chi connectivity index (χ3n) is 5.12. The maximum atomic E-state index is 12.4. The number of carboxylic acid groups (broad SMARTS) is 1. The standard InChI is InChI=1S/C17H15Cl3N4O3.Li.H/c1-6-12(19)13(20)15(21-6)16(25)23-14-8-4-24(5-9(8)14)11-3-7(17(26)27)2-10(18)22-11;;/h2-3,8-9,14,21H,4-5H2,1H3,(H,23,25)(H,26,27);;/t8-,9+,14+;;. The summed E-state index contributed by atoms with van der Waals surface area (Å²) in [6.07, 6.45) is 0. The second-order valence-corrected chi connectivity index (χ2v) is 7.97. The molecule has 0 spiro atoms. The normalized spacial score (nSPS) is 22.4. The van der Waals surface area contributed by atoms with Gasteiger partial charge in [-0.25, -0.2) is 9.78 Å². The third-order valence-corrected chi connectivity index (χ3v) is 6.27. The number of carbonyl (C=O) groups is 2. The Kier molecular flexibility index (Phi) is 5.95. The number of aryl methyl sites for hydroxylation is 1. The van der Waals surface area contributed by atoms with E-state index in [9.17, 15) is 9.59 Å². The predicted molar refractivity (Wildman–Crippen MR) is 109 cm³/mol. The third kappa shape index (κ3) is 3.74. The molecule has 2 aromatic heterocycles. The fourth-order valence-electron chi connectivity index (χ4n) is 3.65. The molecule has 1 amide bonds. The molecule has 2 fully saturated rings. The Morgan fingerprint density at radius 2 is 1.86 bits per heavy atom. The predicted octanol–water partition coefficient (Wildman–Crippen LogP) is 2.59. The number of hydrogen-bond acceptors (Lipinski definition) is 4. The molecular weight excluding hydrogens is 422 g/mol. The number of piperidine rings is 1. The molecule has 0 unspecified atom stereocenters. The van der Waals surface area contributed by atoms with Crippen molar-refractivity contribution in [3.05, 3.63) is 44.3 Å². The first-order chi connectivity index (χ1) is 12.8. The van der Waals surface area contributed by atoms with Crippen molar-refractivity contribution in [1.29, 1.82) is 0 Å². The fraction of sp³-hybridized carbons (Fsp3) is 0.353. The van der Waals surface area contributed by atoms with Crippen LogP contribution in [0.3, 0.4) is 0 Å². The molecule has 0 aromatic carbocycles. The van der Waals surface area contributed by atoms with Crippen LogP contribution in [0.2, 0.25) is 15.2 Å². The number of nitrogens with zero attached hydrogens (tertiary/aromatic N) is 2. The zero-order valence-electron chi connectivity index (χ0n) is 14.1. The summed E-state index contributed by atoms with van der Waals surface area (Å²) < 4.78 is 0. The van der Waals surface area contributed by atoms with E-state index in [2.05, 4.69) is 15.3 Å². The SMILES string of the molecule is Cc1[nH]c(C(=O)N[C@H]2[C@@H]3CN(c4cc(C(=O)O)cc(Cl)n4)C[C@@H]32)c(Cl)c1Cl.[LiH]. The quantitative estimate of drug-likeness (QED) is 0.504. The number of hydrogen-bond donors (Lipinski definition) is 3. The number of carboxylic acids is 1. The van der Waals surface area contributed by atoms with Crippen molar-refractivity contribution in [1.82, 2.24) is 15.3 Å². The number of amides is 1. The Bertz CT molecular complexity index is 955. The molecule has 1 aliphatic carbocycles. The van der Waals surface area contributed by atoms with Crippen LogP contribution >= 0.6 is 34.8 Å². The summed E-state index contributed by atoms with van der Waals surface area (Å²) in [6, 6.07) is 2.88. The van der Waals surface area contributed by atoms with Crippen LogP contribution in [0.4, 0.5) is 5.82 Å². The van der Waals surface area contributed by atoms with Crippen LogP contribution in [-0.2, 0) is 0 Å². The molecular formula is C17H16Cl3LiN4O3. The molecule has 1 saturated heterocycles. The van der Waals surface area contributed by atoms with E-state index < -0.39 is 5.97 Å². The number of H-pyrrole nitrogens is 1. The first kappa shape index (κ1) is 21.3. The molecule has 1 saturated carbocycles. The van der Waals surface area contributed by atoms with Crippen LogP contribution in [-0.4, -0.2) is 64.9 Å². The van der Waals surface area contributed by atoms with Gasteiger partial charge < -0.3 is 20.3 Å². The van der Waals surface area contributed by atoms with Crippen LogP contribution in [0.25, 0.3) is 0 Å². The average Bonchev–Trinajstić information content (AvgIpc) is 2.95. The van der Waals surface area contributed by atoms with Crippen LogP contribution in [0.5, 0.6) is 0 Å². The second kappa shape index (κ2) is 7.81. The van der Waals surface area contributed by atoms with Crippen LogP contribution in [0, 0.1) is 18.8 Å². The fourth-order valence-corrected chi connectivity index (χ4v) is 4.27. The number of carbonyl (C=O) groups excluding carboxylic acids is 1. The van der Waals surface area contributed by atoms with Crippen molar-refractivity contribution in [2.24, 2.45) is 11.8 Å². The van der Waals surface area contributed by atoms with Crippen LogP contribution < -0.4 is 10.2 Å². The molecule has 4 rings (SSSR count). The minimum absolute atomic E-state index is 0. The summed E-state index contributed by atoms with van der Waals surface area (Å²) in [7, 11) is 0. The van der Waals surface area contributed by atoms with Crippen LogP contribution in [0.1, 0.15) is 26.5 Å². The number of rotatable bonds is 4. The number of halogens is 3. The Hall–Kier alpha value is -1.36.